The third-order valence-electron chi connectivity index (χ3n) is 2.05. The Bertz CT molecular complexity index is 468. The van der Waals surface area contributed by atoms with Crippen molar-refractivity contribution in [2.75, 3.05) is 12.9 Å². The lowest BCUT2D eigenvalue weighted by molar-refractivity contribution is -0.118. The van der Waals surface area contributed by atoms with Crippen molar-refractivity contribution in [1.82, 2.24) is 5.43 Å². The van der Waals surface area contributed by atoms with E-state index in [1.807, 2.05) is 24.3 Å². The number of nitrogens with one attached hydrogen (secondary N) is 1. The van der Waals surface area contributed by atoms with E-state index in [2.05, 4.69) is 15.5 Å². The van der Waals surface area contributed by atoms with E-state index in [-0.39, 0.29) is 5.91 Å². The van der Waals surface area contributed by atoms with Crippen molar-refractivity contribution in [3.63, 3.8) is 0 Å². The first-order chi connectivity index (χ1) is 8.28. The van der Waals surface area contributed by atoms with Crippen LogP contribution in [0.5, 0.6) is 5.75 Å². The van der Waals surface area contributed by atoms with Gasteiger partial charge in [-0.15, -0.1) is 5.10 Å². The van der Waals surface area contributed by atoms with Crippen LogP contribution >= 0.6 is 11.8 Å². The Balaban J connectivity index is 2.02. The first-order valence-electron chi connectivity index (χ1n) is 4.95. The molecular weight excluding hydrogens is 238 g/mol. The first-order valence-corrected chi connectivity index (χ1v) is 5.94. The minimum Gasteiger partial charge on any atom is -0.497 e. The third kappa shape index (κ3) is 3.32. The number of hydrogen-bond donors (Lipinski definition) is 1. The predicted octanol–water partition coefficient (Wildman–Crippen LogP) is 1.25. The second-order valence-electron chi connectivity index (χ2n) is 3.25. The van der Waals surface area contributed by atoms with Gasteiger partial charge in [0, 0.05) is 6.21 Å². The highest BCUT2D eigenvalue weighted by atomic mass is 32.2. The Labute approximate surface area is 103 Å². The second-order valence-corrected chi connectivity index (χ2v) is 4.19. The minimum atomic E-state index is -0.0987. The number of amidine groups is 1. The quantitative estimate of drug-likeness (QED) is 0.802. The maximum Gasteiger partial charge on any atom is 0.250 e. The average molecular weight is 249 g/mol. The second kappa shape index (κ2) is 5.49. The van der Waals surface area contributed by atoms with Crippen LogP contribution < -0.4 is 10.2 Å². The van der Waals surface area contributed by atoms with Crippen molar-refractivity contribution in [2.24, 2.45) is 10.1 Å². The molecule has 0 saturated carbocycles. The molecule has 0 aromatic heterocycles. The molecule has 1 aliphatic heterocycles. The van der Waals surface area contributed by atoms with Crippen molar-refractivity contribution in [3.8, 4) is 5.75 Å². The van der Waals surface area contributed by atoms with E-state index in [1.165, 1.54) is 11.8 Å². The molecule has 5 nitrogen and oxygen atoms in total. The number of aliphatic imine (C=N–C) groups is 1. The Morgan fingerprint density at radius 2 is 2.24 bits per heavy atom. The average Bonchev–Trinajstić information content (AvgIpc) is 2.39. The first kappa shape index (κ1) is 11.7. The van der Waals surface area contributed by atoms with Crippen LogP contribution in [0, 0.1) is 0 Å². The van der Waals surface area contributed by atoms with Crippen molar-refractivity contribution < 1.29 is 9.53 Å². The molecular formula is C11H11N3O2S. The molecule has 1 heterocycles. The van der Waals surface area contributed by atoms with Gasteiger partial charge in [-0.2, -0.15) is 0 Å². The van der Waals surface area contributed by atoms with Crippen molar-refractivity contribution in [2.45, 2.75) is 0 Å². The standard InChI is InChI=1S/C11H11N3O2S/c1-16-9-4-2-8(3-5-9)6-12-11-14-13-10(15)7-17-11/h2-6H,7H2,1H3,(H,13,15)/b12-6+. The summed E-state index contributed by atoms with van der Waals surface area (Å²) in [6.45, 7) is 0. The fourth-order valence-corrected chi connectivity index (χ4v) is 1.75. The molecule has 0 fully saturated rings. The van der Waals surface area contributed by atoms with E-state index in [0.717, 1.165) is 11.3 Å². The van der Waals surface area contributed by atoms with Crippen LogP contribution in [0.1, 0.15) is 5.56 Å². The number of carbonyl (C=O) groups excluding carboxylic acids is 1. The van der Waals surface area contributed by atoms with Gasteiger partial charge in [0.15, 0.2) is 0 Å². The summed E-state index contributed by atoms with van der Waals surface area (Å²) < 4.78 is 5.06. The van der Waals surface area contributed by atoms with Crippen molar-refractivity contribution >= 4 is 29.1 Å². The molecule has 1 aromatic carbocycles. The zero-order valence-corrected chi connectivity index (χ0v) is 10.0. The molecule has 0 atom stereocenters. The minimum absolute atomic E-state index is 0.0987. The van der Waals surface area contributed by atoms with Crippen LogP contribution in [0.25, 0.3) is 0 Å². The molecule has 0 bridgehead atoms. The number of methoxy groups -OCH3 is 1. The van der Waals surface area contributed by atoms with Gasteiger partial charge in [-0.3, -0.25) is 4.79 Å². The van der Waals surface area contributed by atoms with E-state index < -0.39 is 0 Å². The molecule has 0 saturated heterocycles. The number of hydrazone groups is 1. The molecule has 17 heavy (non-hydrogen) atoms. The predicted molar refractivity (Wildman–Crippen MR) is 68.6 cm³/mol. The fourth-order valence-electron chi connectivity index (χ4n) is 1.19. The van der Waals surface area contributed by atoms with E-state index in [1.54, 1.807) is 13.3 Å². The number of amides is 1. The van der Waals surface area contributed by atoms with Crippen LogP contribution in [0.3, 0.4) is 0 Å². The van der Waals surface area contributed by atoms with Gasteiger partial charge >= 0.3 is 0 Å². The highest BCUT2D eigenvalue weighted by molar-refractivity contribution is 8.14. The SMILES string of the molecule is COc1ccc(/C=N/C2=NNC(=O)CS2)cc1. The van der Waals surface area contributed by atoms with E-state index in [0.29, 0.717) is 10.9 Å². The Kier molecular flexibility index (Phi) is 3.77. The van der Waals surface area contributed by atoms with E-state index in [9.17, 15) is 4.79 Å². The van der Waals surface area contributed by atoms with Gasteiger partial charge in [0.25, 0.3) is 5.91 Å². The number of thioether (sulfide) groups is 1. The fraction of sp³-hybridized carbons (Fsp3) is 0.182. The molecule has 1 amide bonds. The van der Waals surface area contributed by atoms with Crippen LogP contribution in [-0.2, 0) is 4.79 Å². The Morgan fingerprint density at radius 3 is 2.82 bits per heavy atom. The maximum atomic E-state index is 10.8. The van der Waals surface area contributed by atoms with Gasteiger partial charge in [-0.25, -0.2) is 10.4 Å². The Hall–Kier alpha value is -1.82. The smallest absolute Gasteiger partial charge is 0.250 e. The van der Waals surface area contributed by atoms with Crippen LogP contribution in [0.4, 0.5) is 0 Å². The normalized spacial score (nSPS) is 15.6. The number of carbonyl (C=O) groups is 1. The lowest BCUT2D eigenvalue weighted by atomic mass is 10.2. The summed E-state index contributed by atoms with van der Waals surface area (Å²) in [5, 5.41) is 4.37. The maximum absolute atomic E-state index is 10.8. The highest BCUT2D eigenvalue weighted by Gasteiger charge is 2.10. The number of hydrogen-bond acceptors (Lipinski definition) is 5. The molecule has 1 aliphatic rings. The summed E-state index contributed by atoms with van der Waals surface area (Å²) >= 11 is 1.31. The van der Waals surface area contributed by atoms with Gasteiger partial charge in [-0.1, -0.05) is 11.8 Å². The topological polar surface area (TPSA) is 63.1 Å². The van der Waals surface area contributed by atoms with Gasteiger partial charge in [-0.05, 0) is 29.8 Å². The van der Waals surface area contributed by atoms with Gasteiger partial charge < -0.3 is 4.74 Å². The van der Waals surface area contributed by atoms with Crippen LogP contribution in [0.15, 0.2) is 34.4 Å². The summed E-state index contributed by atoms with van der Waals surface area (Å²) in [5.74, 6) is 1.07. The zero-order chi connectivity index (χ0) is 12.1. The molecule has 1 aromatic rings. The zero-order valence-electron chi connectivity index (χ0n) is 9.21. The monoisotopic (exact) mass is 249 g/mol. The van der Waals surface area contributed by atoms with Crippen LogP contribution in [-0.4, -0.2) is 30.2 Å². The number of ether oxygens (including phenoxy) is 1. The Morgan fingerprint density at radius 1 is 1.47 bits per heavy atom. The summed E-state index contributed by atoms with van der Waals surface area (Å²) in [4.78, 5) is 15.0. The number of benzene rings is 1. The summed E-state index contributed by atoms with van der Waals surface area (Å²) in [5.41, 5.74) is 3.33. The van der Waals surface area contributed by atoms with E-state index in [4.69, 9.17) is 4.74 Å². The van der Waals surface area contributed by atoms with Gasteiger partial charge in [0.05, 0.1) is 12.9 Å². The lowest BCUT2D eigenvalue weighted by Crippen LogP contribution is -2.25. The summed E-state index contributed by atoms with van der Waals surface area (Å²) in [6, 6.07) is 7.52. The number of nitrogens with zero attached hydrogens (tertiary/aromatic N) is 2. The van der Waals surface area contributed by atoms with Crippen molar-refractivity contribution in [1.29, 1.82) is 0 Å². The van der Waals surface area contributed by atoms with E-state index >= 15 is 0 Å². The van der Waals surface area contributed by atoms with Crippen molar-refractivity contribution in [3.05, 3.63) is 29.8 Å². The molecule has 88 valence electrons. The molecule has 0 unspecified atom stereocenters. The lowest BCUT2D eigenvalue weighted by Gasteiger charge is -2.06. The number of rotatable bonds is 2. The molecule has 0 aliphatic carbocycles. The molecule has 6 heteroatoms. The van der Waals surface area contributed by atoms with Gasteiger partial charge in [0.2, 0.25) is 5.17 Å². The van der Waals surface area contributed by atoms with Gasteiger partial charge in [0.1, 0.15) is 5.75 Å². The summed E-state index contributed by atoms with van der Waals surface area (Å²) in [6.07, 6.45) is 1.70. The third-order valence-corrected chi connectivity index (χ3v) is 2.91. The molecule has 0 radical (unpaired) electrons. The molecule has 2 rings (SSSR count). The molecule has 0 spiro atoms. The van der Waals surface area contributed by atoms with Crippen LogP contribution in [0.2, 0.25) is 0 Å². The summed E-state index contributed by atoms with van der Waals surface area (Å²) in [7, 11) is 1.62. The molecule has 1 N–H and O–H groups in total. The highest BCUT2D eigenvalue weighted by Crippen LogP contribution is 2.11. The largest absolute Gasteiger partial charge is 0.497 e.